The first-order valence-corrected chi connectivity index (χ1v) is 4.96. The Morgan fingerprint density at radius 3 is 2.88 bits per heavy atom. The molecule has 0 spiro atoms. The van der Waals surface area contributed by atoms with Gasteiger partial charge < -0.3 is 0 Å². The third-order valence-corrected chi connectivity index (χ3v) is 2.41. The van der Waals surface area contributed by atoms with Crippen molar-refractivity contribution < 1.29 is 0 Å². The van der Waals surface area contributed by atoms with Gasteiger partial charge in [0, 0.05) is 13.2 Å². The van der Waals surface area contributed by atoms with Gasteiger partial charge in [-0.15, -0.1) is 0 Å². The first-order chi connectivity index (χ1) is 7.74. The average Bonchev–Trinajstić information content (AvgIpc) is 2.83. The summed E-state index contributed by atoms with van der Waals surface area (Å²) in [6, 6.07) is 0. The van der Waals surface area contributed by atoms with Crippen molar-refractivity contribution in [3.05, 3.63) is 30.2 Å². The maximum atomic E-state index is 5.76. The summed E-state index contributed by atoms with van der Waals surface area (Å²) in [5.74, 6) is 0. The van der Waals surface area contributed by atoms with E-state index < -0.39 is 0 Å². The number of hydrogen-bond acceptors (Lipinski definition) is 4. The van der Waals surface area contributed by atoms with E-state index in [1.807, 2.05) is 17.8 Å². The van der Waals surface area contributed by atoms with E-state index in [1.165, 1.54) is 0 Å². The molecule has 0 unspecified atom stereocenters. The monoisotopic (exact) mass is 234 g/mol. The first kappa shape index (κ1) is 9.29. The molecule has 7 heteroatoms. The second-order valence-electron chi connectivity index (χ2n) is 3.33. The summed E-state index contributed by atoms with van der Waals surface area (Å²) in [5, 5.41) is 4.30. The molecule has 80 valence electrons. The number of aryl methyl sites for hydroxylation is 1. The molecule has 6 nitrogen and oxygen atoms in total. The van der Waals surface area contributed by atoms with E-state index in [4.69, 9.17) is 11.6 Å². The van der Waals surface area contributed by atoms with Gasteiger partial charge in [-0.2, -0.15) is 10.1 Å². The van der Waals surface area contributed by atoms with Crippen LogP contribution in [-0.4, -0.2) is 29.3 Å². The van der Waals surface area contributed by atoms with Gasteiger partial charge in [0.2, 0.25) is 5.28 Å². The van der Waals surface area contributed by atoms with Crippen molar-refractivity contribution in [1.82, 2.24) is 29.3 Å². The van der Waals surface area contributed by atoms with Gasteiger partial charge in [-0.05, 0) is 11.6 Å². The van der Waals surface area contributed by atoms with Gasteiger partial charge >= 0.3 is 0 Å². The lowest BCUT2D eigenvalue weighted by molar-refractivity contribution is 0.767. The largest absolute Gasteiger partial charge is 0.280 e. The van der Waals surface area contributed by atoms with Crippen LogP contribution in [-0.2, 0) is 7.05 Å². The summed E-state index contributed by atoms with van der Waals surface area (Å²) < 4.78 is 3.53. The highest BCUT2D eigenvalue weighted by Crippen LogP contribution is 2.16. The van der Waals surface area contributed by atoms with Gasteiger partial charge in [-0.25, -0.2) is 9.97 Å². The van der Waals surface area contributed by atoms with Crippen LogP contribution >= 0.6 is 11.6 Å². The molecular formula is C9H7ClN6. The zero-order valence-corrected chi connectivity index (χ0v) is 9.13. The molecule has 3 aromatic heterocycles. The molecule has 0 fully saturated rings. The second-order valence-corrected chi connectivity index (χ2v) is 3.67. The molecular weight excluding hydrogens is 228 g/mol. The third kappa shape index (κ3) is 1.35. The smallest absolute Gasteiger partial charge is 0.224 e. The maximum absolute atomic E-state index is 5.76. The molecule has 0 amide bonds. The van der Waals surface area contributed by atoms with Crippen molar-refractivity contribution in [3.63, 3.8) is 0 Å². The first-order valence-electron chi connectivity index (χ1n) is 4.58. The lowest BCUT2D eigenvalue weighted by Crippen LogP contribution is -1.93. The minimum atomic E-state index is 0.207. The van der Waals surface area contributed by atoms with Gasteiger partial charge in [0.15, 0.2) is 5.65 Å². The zero-order valence-electron chi connectivity index (χ0n) is 8.37. The van der Waals surface area contributed by atoms with E-state index in [-0.39, 0.29) is 5.28 Å². The Hall–Kier alpha value is -1.95. The molecule has 0 bridgehead atoms. The van der Waals surface area contributed by atoms with Crippen LogP contribution in [0.1, 0.15) is 0 Å². The summed E-state index contributed by atoms with van der Waals surface area (Å²) in [6.45, 7) is 0. The summed E-state index contributed by atoms with van der Waals surface area (Å²) in [6.07, 6.45) is 6.87. The van der Waals surface area contributed by atoms with E-state index in [0.717, 1.165) is 5.69 Å². The van der Waals surface area contributed by atoms with E-state index in [1.54, 1.807) is 23.4 Å². The lowest BCUT2D eigenvalue weighted by atomic mass is 10.5. The number of rotatable bonds is 1. The summed E-state index contributed by atoms with van der Waals surface area (Å²) in [7, 11) is 1.85. The SMILES string of the molecule is Cn1cc(-n2cnc3cnc(Cl)nc32)cn1. The predicted octanol–water partition coefficient (Wildman–Crippen LogP) is 1.20. The van der Waals surface area contributed by atoms with Crippen molar-refractivity contribution in [2.24, 2.45) is 7.05 Å². The fourth-order valence-corrected chi connectivity index (χ4v) is 1.64. The van der Waals surface area contributed by atoms with Crippen molar-refractivity contribution in [3.8, 4) is 5.69 Å². The Bertz CT molecular complexity index is 655. The van der Waals surface area contributed by atoms with Gasteiger partial charge in [-0.3, -0.25) is 9.25 Å². The van der Waals surface area contributed by atoms with E-state index >= 15 is 0 Å². The molecule has 3 aromatic rings. The van der Waals surface area contributed by atoms with E-state index in [2.05, 4.69) is 20.1 Å². The van der Waals surface area contributed by atoms with Crippen LogP contribution in [0.25, 0.3) is 16.9 Å². The molecule has 0 aliphatic rings. The van der Waals surface area contributed by atoms with Crippen molar-refractivity contribution >= 4 is 22.8 Å². The van der Waals surface area contributed by atoms with Crippen LogP contribution in [0.15, 0.2) is 24.9 Å². The molecule has 3 heterocycles. The Morgan fingerprint density at radius 2 is 2.12 bits per heavy atom. The van der Waals surface area contributed by atoms with Crippen LogP contribution in [0.2, 0.25) is 5.28 Å². The normalized spacial score (nSPS) is 11.1. The number of nitrogens with zero attached hydrogens (tertiary/aromatic N) is 6. The number of aromatic nitrogens is 6. The van der Waals surface area contributed by atoms with Gasteiger partial charge in [0.25, 0.3) is 0 Å². The van der Waals surface area contributed by atoms with Crippen molar-refractivity contribution in [2.45, 2.75) is 0 Å². The fraction of sp³-hybridized carbons (Fsp3) is 0.111. The molecule has 0 N–H and O–H groups in total. The summed E-state index contributed by atoms with van der Waals surface area (Å²) >= 11 is 5.76. The van der Waals surface area contributed by atoms with Crippen LogP contribution in [0.5, 0.6) is 0 Å². The average molecular weight is 235 g/mol. The second kappa shape index (κ2) is 3.28. The van der Waals surface area contributed by atoms with Gasteiger partial charge in [-0.1, -0.05) is 0 Å². The Labute approximate surface area is 95.5 Å². The minimum Gasteiger partial charge on any atom is -0.280 e. The predicted molar refractivity (Wildman–Crippen MR) is 58.4 cm³/mol. The number of halogens is 1. The Balaban J connectivity index is 2.27. The third-order valence-electron chi connectivity index (χ3n) is 2.23. The Morgan fingerprint density at radius 1 is 1.25 bits per heavy atom. The fourth-order valence-electron chi connectivity index (χ4n) is 1.51. The summed E-state index contributed by atoms with van der Waals surface area (Å²) in [4.78, 5) is 12.2. The van der Waals surface area contributed by atoms with Gasteiger partial charge in [0.1, 0.15) is 11.8 Å². The molecule has 0 aromatic carbocycles. The highest BCUT2D eigenvalue weighted by molar-refractivity contribution is 6.28. The molecule has 3 rings (SSSR count). The highest BCUT2D eigenvalue weighted by Gasteiger charge is 2.08. The molecule has 0 atom stereocenters. The van der Waals surface area contributed by atoms with E-state index in [9.17, 15) is 0 Å². The molecule has 16 heavy (non-hydrogen) atoms. The lowest BCUT2D eigenvalue weighted by Gasteiger charge is -1.98. The van der Waals surface area contributed by atoms with Crippen LogP contribution in [0.4, 0.5) is 0 Å². The highest BCUT2D eigenvalue weighted by atomic mass is 35.5. The molecule has 0 saturated heterocycles. The summed E-state index contributed by atoms with van der Waals surface area (Å²) in [5.41, 5.74) is 2.26. The molecule has 0 saturated carbocycles. The zero-order chi connectivity index (χ0) is 11.1. The Kier molecular flexibility index (Phi) is 1.90. The van der Waals surface area contributed by atoms with E-state index in [0.29, 0.717) is 11.2 Å². The maximum Gasteiger partial charge on any atom is 0.224 e. The molecule has 0 aliphatic heterocycles. The van der Waals surface area contributed by atoms with Gasteiger partial charge in [0.05, 0.1) is 18.1 Å². The number of imidazole rings is 1. The van der Waals surface area contributed by atoms with Crippen LogP contribution in [0.3, 0.4) is 0 Å². The standard InChI is InChI=1S/C9H7ClN6/c1-15-4-6(2-13-15)16-5-12-7-3-11-9(10)14-8(7)16/h2-5H,1H3. The number of fused-ring (bicyclic) bond motifs is 1. The van der Waals surface area contributed by atoms with Crippen molar-refractivity contribution in [1.29, 1.82) is 0 Å². The minimum absolute atomic E-state index is 0.207. The number of hydrogen-bond donors (Lipinski definition) is 0. The van der Waals surface area contributed by atoms with Crippen LogP contribution in [0, 0.1) is 0 Å². The topological polar surface area (TPSA) is 61.4 Å². The molecule has 0 radical (unpaired) electrons. The quantitative estimate of drug-likeness (QED) is 0.594. The van der Waals surface area contributed by atoms with Crippen LogP contribution < -0.4 is 0 Å². The molecule has 0 aliphatic carbocycles. The van der Waals surface area contributed by atoms with Crippen molar-refractivity contribution in [2.75, 3.05) is 0 Å².